The van der Waals surface area contributed by atoms with Crippen LogP contribution in [0, 0.1) is 0 Å². The lowest BCUT2D eigenvalue weighted by atomic mass is 9.90. The largest absolute Gasteiger partial charge is 0.383 e. The molecular weight excluding hydrogens is 322 g/mol. The molecule has 8 nitrogen and oxygen atoms in total. The standard InChI is InChI=1S/C17H25N5O3/c1-18-17(21-11-16(24)19-7-8-25-2)20-10-12-9-15(23)22-14-6-4-3-5-13(12)14/h3-6,12H,7-11H2,1-2H3,(H,19,24)(H,22,23)(H2,18,20,21). The van der Waals surface area contributed by atoms with Crippen molar-refractivity contribution in [1.29, 1.82) is 0 Å². The van der Waals surface area contributed by atoms with Gasteiger partial charge in [-0.05, 0) is 11.6 Å². The second-order valence-corrected chi connectivity index (χ2v) is 5.69. The lowest BCUT2D eigenvalue weighted by molar-refractivity contribution is -0.120. The molecule has 1 aromatic carbocycles. The van der Waals surface area contributed by atoms with Gasteiger partial charge >= 0.3 is 0 Å². The molecule has 0 radical (unpaired) electrons. The van der Waals surface area contributed by atoms with E-state index in [4.69, 9.17) is 4.74 Å². The highest BCUT2D eigenvalue weighted by molar-refractivity contribution is 5.95. The Balaban J connectivity index is 1.83. The van der Waals surface area contributed by atoms with Gasteiger partial charge in [-0.3, -0.25) is 14.6 Å². The van der Waals surface area contributed by atoms with Crippen molar-refractivity contribution in [3.8, 4) is 0 Å². The van der Waals surface area contributed by atoms with Crippen molar-refractivity contribution in [2.75, 3.05) is 45.7 Å². The van der Waals surface area contributed by atoms with E-state index >= 15 is 0 Å². The summed E-state index contributed by atoms with van der Waals surface area (Å²) in [5, 5.41) is 11.7. The zero-order valence-corrected chi connectivity index (χ0v) is 14.6. The van der Waals surface area contributed by atoms with Crippen molar-refractivity contribution >= 4 is 23.5 Å². The third-order valence-corrected chi connectivity index (χ3v) is 3.89. The van der Waals surface area contributed by atoms with Gasteiger partial charge in [0.25, 0.3) is 0 Å². The highest BCUT2D eigenvalue weighted by atomic mass is 16.5. The van der Waals surface area contributed by atoms with Crippen LogP contribution in [0.5, 0.6) is 0 Å². The summed E-state index contributed by atoms with van der Waals surface area (Å²) in [4.78, 5) is 27.6. The van der Waals surface area contributed by atoms with E-state index < -0.39 is 0 Å². The SMILES string of the molecule is CN=C(NCC(=O)NCCOC)NCC1CC(=O)Nc2ccccc21. The van der Waals surface area contributed by atoms with E-state index in [9.17, 15) is 9.59 Å². The van der Waals surface area contributed by atoms with Crippen LogP contribution in [0.2, 0.25) is 0 Å². The number of carbonyl (C=O) groups excluding carboxylic acids is 2. The van der Waals surface area contributed by atoms with Crippen LogP contribution in [0.3, 0.4) is 0 Å². The molecule has 0 aromatic heterocycles. The number of para-hydroxylation sites is 1. The molecule has 1 aromatic rings. The molecule has 0 fully saturated rings. The topological polar surface area (TPSA) is 104 Å². The van der Waals surface area contributed by atoms with Crippen molar-refractivity contribution in [2.24, 2.45) is 4.99 Å². The molecule has 2 amide bonds. The highest BCUT2D eigenvalue weighted by Gasteiger charge is 2.24. The van der Waals surface area contributed by atoms with E-state index in [-0.39, 0.29) is 24.3 Å². The molecule has 1 atom stereocenters. The average Bonchev–Trinajstić information content (AvgIpc) is 2.61. The maximum absolute atomic E-state index is 11.8. The molecule has 136 valence electrons. The van der Waals surface area contributed by atoms with Crippen LogP contribution >= 0.6 is 0 Å². The number of hydrogen-bond acceptors (Lipinski definition) is 4. The number of ether oxygens (including phenoxy) is 1. The number of aliphatic imine (C=N–C) groups is 1. The van der Waals surface area contributed by atoms with Gasteiger partial charge in [0, 0.05) is 45.3 Å². The summed E-state index contributed by atoms with van der Waals surface area (Å²) in [7, 11) is 3.22. The van der Waals surface area contributed by atoms with Gasteiger partial charge in [0.2, 0.25) is 11.8 Å². The van der Waals surface area contributed by atoms with Crippen LogP contribution in [-0.4, -0.2) is 58.2 Å². The van der Waals surface area contributed by atoms with Gasteiger partial charge in [0.1, 0.15) is 0 Å². The van der Waals surface area contributed by atoms with E-state index in [1.165, 1.54) is 0 Å². The third-order valence-electron chi connectivity index (χ3n) is 3.89. The number of nitrogens with one attached hydrogen (secondary N) is 4. The smallest absolute Gasteiger partial charge is 0.239 e. The van der Waals surface area contributed by atoms with Crippen LogP contribution in [-0.2, 0) is 14.3 Å². The van der Waals surface area contributed by atoms with Crippen LogP contribution < -0.4 is 21.3 Å². The summed E-state index contributed by atoms with van der Waals surface area (Å²) in [5.41, 5.74) is 1.95. The van der Waals surface area contributed by atoms with Crippen molar-refractivity contribution in [2.45, 2.75) is 12.3 Å². The van der Waals surface area contributed by atoms with Crippen LogP contribution in [0.15, 0.2) is 29.3 Å². The fraction of sp³-hybridized carbons (Fsp3) is 0.471. The van der Waals surface area contributed by atoms with Gasteiger partial charge in [0.05, 0.1) is 13.2 Å². The number of amides is 2. The molecule has 4 N–H and O–H groups in total. The minimum Gasteiger partial charge on any atom is -0.383 e. The first-order valence-electron chi connectivity index (χ1n) is 8.23. The summed E-state index contributed by atoms with van der Waals surface area (Å²) in [6.07, 6.45) is 0.415. The van der Waals surface area contributed by atoms with Gasteiger partial charge in [-0.1, -0.05) is 18.2 Å². The lowest BCUT2D eigenvalue weighted by Gasteiger charge is -2.26. The molecular formula is C17H25N5O3. The Morgan fingerprint density at radius 3 is 2.88 bits per heavy atom. The van der Waals surface area contributed by atoms with E-state index in [1.54, 1.807) is 14.2 Å². The van der Waals surface area contributed by atoms with E-state index in [1.807, 2.05) is 24.3 Å². The zero-order chi connectivity index (χ0) is 18.1. The summed E-state index contributed by atoms with van der Waals surface area (Å²) in [6.45, 7) is 1.61. The van der Waals surface area contributed by atoms with Gasteiger partial charge in [-0.2, -0.15) is 0 Å². The molecule has 1 unspecified atom stereocenters. The first-order valence-corrected chi connectivity index (χ1v) is 8.23. The molecule has 1 aliphatic heterocycles. The molecule has 1 aliphatic rings. The molecule has 0 spiro atoms. The summed E-state index contributed by atoms with van der Waals surface area (Å²) < 4.78 is 4.88. The van der Waals surface area contributed by atoms with Crippen LogP contribution in [0.4, 0.5) is 5.69 Å². The monoisotopic (exact) mass is 347 g/mol. The quantitative estimate of drug-likeness (QED) is 0.317. The number of nitrogens with zero attached hydrogens (tertiary/aromatic N) is 1. The maximum atomic E-state index is 11.8. The maximum Gasteiger partial charge on any atom is 0.239 e. The number of anilines is 1. The fourth-order valence-corrected chi connectivity index (χ4v) is 2.64. The first-order chi connectivity index (χ1) is 12.1. The Hall–Kier alpha value is -2.61. The van der Waals surface area contributed by atoms with E-state index in [0.29, 0.717) is 32.1 Å². The molecule has 0 saturated heterocycles. The Morgan fingerprint density at radius 2 is 2.12 bits per heavy atom. The lowest BCUT2D eigenvalue weighted by Crippen LogP contribution is -2.45. The van der Waals surface area contributed by atoms with Crippen molar-refractivity contribution in [1.82, 2.24) is 16.0 Å². The summed E-state index contributed by atoms with van der Waals surface area (Å²) in [6, 6.07) is 7.77. The number of benzene rings is 1. The Morgan fingerprint density at radius 1 is 1.32 bits per heavy atom. The molecule has 25 heavy (non-hydrogen) atoms. The minimum absolute atomic E-state index is 0.00553. The van der Waals surface area contributed by atoms with Crippen molar-refractivity contribution in [3.63, 3.8) is 0 Å². The predicted molar refractivity (Wildman–Crippen MR) is 96.7 cm³/mol. The first kappa shape index (κ1) is 18.7. The van der Waals surface area contributed by atoms with Gasteiger partial charge in [-0.15, -0.1) is 0 Å². The van der Waals surface area contributed by atoms with Crippen molar-refractivity contribution < 1.29 is 14.3 Å². The predicted octanol–water partition coefficient (Wildman–Crippen LogP) is 0.0400. The van der Waals surface area contributed by atoms with E-state index in [2.05, 4.69) is 26.3 Å². The highest BCUT2D eigenvalue weighted by Crippen LogP contribution is 2.31. The van der Waals surface area contributed by atoms with Crippen molar-refractivity contribution in [3.05, 3.63) is 29.8 Å². The summed E-state index contributed by atoms with van der Waals surface area (Å²) in [5.74, 6) is 0.442. The van der Waals surface area contributed by atoms with Crippen LogP contribution in [0.25, 0.3) is 0 Å². The Bertz CT molecular complexity index is 632. The molecule has 2 rings (SSSR count). The normalized spacial score (nSPS) is 16.6. The van der Waals surface area contributed by atoms with E-state index in [0.717, 1.165) is 11.3 Å². The number of rotatable bonds is 7. The fourth-order valence-electron chi connectivity index (χ4n) is 2.64. The molecule has 1 heterocycles. The number of carbonyl (C=O) groups is 2. The Labute approximate surface area is 147 Å². The molecule has 0 saturated carbocycles. The molecule has 0 bridgehead atoms. The summed E-state index contributed by atoms with van der Waals surface area (Å²) >= 11 is 0. The number of hydrogen-bond donors (Lipinski definition) is 4. The Kier molecular flexibility index (Phi) is 7.21. The van der Waals surface area contributed by atoms with Gasteiger partial charge < -0.3 is 26.0 Å². The van der Waals surface area contributed by atoms with Crippen LogP contribution in [0.1, 0.15) is 17.9 Å². The van der Waals surface area contributed by atoms with Gasteiger partial charge in [-0.25, -0.2) is 0 Å². The minimum atomic E-state index is -0.137. The second kappa shape index (κ2) is 9.63. The number of methoxy groups -OCH3 is 1. The van der Waals surface area contributed by atoms with Gasteiger partial charge in [0.15, 0.2) is 5.96 Å². The number of guanidine groups is 1. The zero-order valence-electron chi connectivity index (χ0n) is 14.6. The second-order valence-electron chi connectivity index (χ2n) is 5.69. The number of fused-ring (bicyclic) bond motifs is 1. The molecule has 0 aliphatic carbocycles. The third kappa shape index (κ3) is 5.75. The molecule has 8 heteroatoms. The average molecular weight is 347 g/mol.